The maximum absolute atomic E-state index is 11.7. The molecule has 1 aliphatic rings. The number of carbonyl (C=O) groups is 1. The van der Waals surface area contributed by atoms with Crippen LogP contribution >= 0.6 is 0 Å². The number of hydrogen-bond acceptors (Lipinski definition) is 8. The molecule has 3 aromatic rings. The number of nitrogens with zero attached hydrogens (tertiary/aromatic N) is 3. The minimum Gasteiger partial charge on any atom is -0.508 e. The zero-order chi connectivity index (χ0) is 20.4. The van der Waals surface area contributed by atoms with Gasteiger partial charge in [-0.15, -0.1) is 0 Å². The monoisotopic (exact) mass is 397 g/mol. The molecule has 1 fully saturated rings. The summed E-state index contributed by atoms with van der Waals surface area (Å²) in [6.45, 7) is 2.69. The van der Waals surface area contributed by atoms with E-state index in [-0.39, 0.29) is 18.4 Å². The lowest BCUT2D eigenvalue weighted by Crippen LogP contribution is -2.41. The van der Waals surface area contributed by atoms with Crippen LogP contribution in [0.5, 0.6) is 5.75 Å². The van der Waals surface area contributed by atoms with E-state index in [0.717, 1.165) is 28.6 Å². The fourth-order valence-electron chi connectivity index (χ4n) is 3.72. The molecule has 1 aliphatic heterocycles. The van der Waals surface area contributed by atoms with E-state index in [1.807, 2.05) is 18.3 Å². The van der Waals surface area contributed by atoms with Gasteiger partial charge in [-0.2, -0.15) is 0 Å². The third-order valence-electron chi connectivity index (χ3n) is 5.05. The van der Waals surface area contributed by atoms with Crippen LogP contribution in [0.4, 0.5) is 10.6 Å². The largest absolute Gasteiger partial charge is 0.509 e. The average molecular weight is 397 g/mol. The molecule has 2 atom stereocenters. The topological polar surface area (TPSA) is 125 Å². The van der Waals surface area contributed by atoms with Crippen LogP contribution in [0, 0.1) is 0 Å². The van der Waals surface area contributed by atoms with E-state index in [1.165, 1.54) is 6.33 Å². The number of phenols is 1. The lowest BCUT2D eigenvalue weighted by molar-refractivity contribution is -0.00300. The summed E-state index contributed by atoms with van der Waals surface area (Å²) in [5, 5.41) is 13.6. The maximum atomic E-state index is 11.7. The van der Waals surface area contributed by atoms with Crippen LogP contribution in [0.15, 0.2) is 36.8 Å². The molecule has 152 valence electrons. The highest BCUT2D eigenvalue weighted by Crippen LogP contribution is 2.37. The molecule has 0 aliphatic carbocycles. The number of piperidine rings is 1. The van der Waals surface area contributed by atoms with Gasteiger partial charge in [0.25, 0.3) is 0 Å². The van der Waals surface area contributed by atoms with Crippen molar-refractivity contribution in [3.63, 3.8) is 0 Å². The molecule has 0 amide bonds. The molecule has 9 heteroatoms. The summed E-state index contributed by atoms with van der Waals surface area (Å²) in [5.74, 6) is 0.587. The van der Waals surface area contributed by atoms with Crippen molar-refractivity contribution in [3.8, 4) is 16.9 Å². The van der Waals surface area contributed by atoms with Gasteiger partial charge in [-0.25, -0.2) is 14.8 Å². The molecule has 1 saturated heterocycles. The Bertz CT molecular complexity index is 1020. The first-order valence-electron chi connectivity index (χ1n) is 9.54. The number of nitrogens with two attached hydrogens (primary N) is 1. The number of ether oxygens (including phenoxy) is 2. The molecule has 9 nitrogen and oxygen atoms in total. The van der Waals surface area contributed by atoms with Crippen LogP contribution < -0.4 is 11.1 Å². The number of rotatable bonds is 4. The lowest BCUT2D eigenvalue weighted by Gasteiger charge is -2.30. The second kappa shape index (κ2) is 7.96. The number of phenolic OH excluding ortho intramolecular Hbond substituents is 1. The van der Waals surface area contributed by atoms with Crippen LogP contribution in [-0.2, 0) is 9.47 Å². The van der Waals surface area contributed by atoms with Crippen molar-refractivity contribution in [1.82, 2.24) is 19.9 Å². The Kier molecular flexibility index (Phi) is 5.22. The van der Waals surface area contributed by atoms with Crippen LogP contribution in [0.2, 0.25) is 0 Å². The number of hydrogen-bond donors (Lipinski definition) is 3. The Morgan fingerprint density at radius 3 is 2.90 bits per heavy atom. The summed E-state index contributed by atoms with van der Waals surface area (Å²) in [7, 11) is 0. The number of aromatic nitrogens is 3. The highest BCUT2D eigenvalue weighted by atomic mass is 16.7. The van der Waals surface area contributed by atoms with Crippen molar-refractivity contribution in [2.24, 2.45) is 0 Å². The lowest BCUT2D eigenvalue weighted by atomic mass is 10.1. The van der Waals surface area contributed by atoms with Gasteiger partial charge in [-0.3, -0.25) is 5.32 Å². The zero-order valence-electron chi connectivity index (χ0n) is 16.0. The molecular weight excluding hydrogens is 374 g/mol. The fourth-order valence-corrected chi connectivity index (χ4v) is 3.72. The Labute approximate surface area is 167 Å². The van der Waals surface area contributed by atoms with Gasteiger partial charge in [0.15, 0.2) is 6.23 Å². The van der Waals surface area contributed by atoms with Crippen molar-refractivity contribution in [3.05, 3.63) is 36.8 Å². The summed E-state index contributed by atoms with van der Waals surface area (Å²) in [6.07, 6.45) is 3.73. The molecule has 3 heterocycles. The number of fused-ring (bicyclic) bond motifs is 1. The predicted octanol–water partition coefficient (Wildman–Crippen LogP) is 2.81. The molecule has 0 saturated carbocycles. The second-order valence-electron chi connectivity index (χ2n) is 6.88. The number of benzene rings is 1. The number of aromatic hydroxyl groups is 1. The van der Waals surface area contributed by atoms with Crippen molar-refractivity contribution in [2.45, 2.75) is 32.0 Å². The van der Waals surface area contributed by atoms with Gasteiger partial charge >= 0.3 is 6.16 Å². The first-order chi connectivity index (χ1) is 14.1. The third kappa shape index (κ3) is 3.81. The summed E-state index contributed by atoms with van der Waals surface area (Å²) in [6, 6.07) is 6.98. The summed E-state index contributed by atoms with van der Waals surface area (Å²) < 4.78 is 12.3. The minimum absolute atomic E-state index is 0.0540. The zero-order valence-corrected chi connectivity index (χ0v) is 16.0. The van der Waals surface area contributed by atoms with Crippen molar-refractivity contribution in [1.29, 1.82) is 0 Å². The highest BCUT2D eigenvalue weighted by Gasteiger charge is 2.28. The predicted molar refractivity (Wildman–Crippen MR) is 107 cm³/mol. The van der Waals surface area contributed by atoms with Crippen LogP contribution in [0.1, 0.15) is 25.8 Å². The first-order valence-corrected chi connectivity index (χ1v) is 9.54. The molecule has 4 N–H and O–H groups in total. The standard InChI is InChI=1S/C20H23N5O4/c1-2-28-20(27)29-16-9-13(7-8-22-16)25-10-15(12-3-5-14(26)6-4-12)17-18(21)23-11-24-19(17)25/h3-6,10-11,13,16,22,26H,2,7-9H2,1H3,(H2,21,23,24). The third-order valence-corrected chi connectivity index (χ3v) is 5.05. The van der Waals surface area contributed by atoms with E-state index < -0.39 is 12.4 Å². The number of nitrogens with one attached hydrogen (secondary N) is 1. The molecule has 4 rings (SSSR count). The van der Waals surface area contributed by atoms with E-state index >= 15 is 0 Å². The molecule has 0 radical (unpaired) electrons. The van der Waals surface area contributed by atoms with Gasteiger partial charge in [0.2, 0.25) is 0 Å². The van der Waals surface area contributed by atoms with Crippen LogP contribution in [0.3, 0.4) is 0 Å². The van der Waals surface area contributed by atoms with Gasteiger partial charge in [0.05, 0.1) is 12.0 Å². The van der Waals surface area contributed by atoms with Gasteiger partial charge < -0.3 is 24.9 Å². The highest BCUT2D eigenvalue weighted by molar-refractivity contribution is 6.00. The Balaban J connectivity index is 1.70. The molecule has 0 spiro atoms. The van der Waals surface area contributed by atoms with Gasteiger partial charge in [-0.05, 0) is 31.0 Å². The molecule has 1 aromatic carbocycles. The van der Waals surface area contributed by atoms with E-state index in [1.54, 1.807) is 19.1 Å². The molecule has 2 unspecified atom stereocenters. The van der Waals surface area contributed by atoms with E-state index in [2.05, 4.69) is 19.9 Å². The molecular formula is C20H23N5O4. The van der Waals surface area contributed by atoms with Gasteiger partial charge in [0, 0.05) is 30.8 Å². The van der Waals surface area contributed by atoms with Gasteiger partial charge in [0.1, 0.15) is 23.5 Å². The Morgan fingerprint density at radius 2 is 2.14 bits per heavy atom. The van der Waals surface area contributed by atoms with Crippen molar-refractivity contribution >= 4 is 23.0 Å². The second-order valence-corrected chi connectivity index (χ2v) is 6.88. The van der Waals surface area contributed by atoms with E-state index in [9.17, 15) is 9.90 Å². The van der Waals surface area contributed by atoms with Crippen LogP contribution in [0.25, 0.3) is 22.2 Å². The maximum Gasteiger partial charge on any atom is 0.509 e. The van der Waals surface area contributed by atoms with Crippen molar-refractivity contribution < 1.29 is 19.4 Å². The van der Waals surface area contributed by atoms with E-state index in [0.29, 0.717) is 18.8 Å². The average Bonchev–Trinajstić information content (AvgIpc) is 3.10. The summed E-state index contributed by atoms with van der Waals surface area (Å²) in [5.41, 5.74) is 8.70. The molecule has 0 bridgehead atoms. The Morgan fingerprint density at radius 1 is 1.34 bits per heavy atom. The normalized spacial score (nSPS) is 19.2. The molecule has 29 heavy (non-hydrogen) atoms. The minimum atomic E-state index is -0.681. The number of carbonyl (C=O) groups excluding carboxylic acids is 1. The quantitative estimate of drug-likeness (QED) is 0.574. The smallest absolute Gasteiger partial charge is 0.508 e. The molecule has 2 aromatic heterocycles. The number of nitrogen functional groups attached to an aromatic ring is 1. The SMILES string of the molecule is CCOC(=O)OC1CC(n2cc(-c3ccc(O)cc3)c3c(N)ncnc32)CCN1. The van der Waals surface area contributed by atoms with Crippen LogP contribution in [-0.4, -0.2) is 45.2 Å². The summed E-state index contributed by atoms with van der Waals surface area (Å²) >= 11 is 0. The summed E-state index contributed by atoms with van der Waals surface area (Å²) in [4.78, 5) is 20.3. The first kappa shape index (κ1) is 19.0. The fraction of sp³-hybridized carbons (Fsp3) is 0.350. The number of anilines is 1. The Hall–Kier alpha value is -3.33. The van der Waals surface area contributed by atoms with Crippen molar-refractivity contribution in [2.75, 3.05) is 18.9 Å². The van der Waals surface area contributed by atoms with Gasteiger partial charge in [-0.1, -0.05) is 12.1 Å². The van der Waals surface area contributed by atoms with E-state index in [4.69, 9.17) is 15.2 Å².